The van der Waals surface area contributed by atoms with E-state index in [1.807, 2.05) is 53.4 Å². The third kappa shape index (κ3) is 11.9. The molecule has 0 spiro atoms. The number of unbranched alkanes of at least 4 members (excludes halogenated alkanes) is 11. The van der Waals surface area contributed by atoms with Gasteiger partial charge in [0.15, 0.2) is 12.4 Å². The summed E-state index contributed by atoms with van der Waals surface area (Å²) >= 11 is 0. The Bertz CT molecular complexity index is 841. The van der Waals surface area contributed by atoms with Crippen molar-refractivity contribution in [3.63, 3.8) is 0 Å². The quantitative estimate of drug-likeness (QED) is 0.154. The Balaban J connectivity index is 1.64. The van der Waals surface area contributed by atoms with Gasteiger partial charge in [-0.2, -0.15) is 4.57 Å². The number of pyridine rings is 1. The van der Waals surface area contributed by atoms with Crippen LogP contribution in [-0.2, 0) is 11.2 Å². The molecule has 0 saturated heterocycles. The Labute approximate surface area is 219 Å². The second-order valence-corrected chi connectivity index (χ2v) is 9.70. The number of amides is 1. The van der Waals surface area contributed by atoms with Crippen molar-refractivity contribution < 1.29 is 18.8 Å². The Kier molecular flexibility index (Phi) is 15.4. The maximum absolute atomic E-state index is 12.7. The van der Waals surface area contributed by atoms with Gasteiger partial charge in [-0.15, -0.1) is 0 Å². The summed E-state index contributed by atoms with van der Waals surface area (Å²) in [5.41, 5.74) is 0.862. The molecule has 0 aliphatic heterocycles. The minimum absolute atomic E-state index is 0.0262. The monoisotopic (exact) mass is 497 g/mol. The molecule has 1 aromatic carbocycles. The third-order valence-electron chi connectivity index (χ3n) is 6.69. The Morgan fingerprint density at radius 3 is 2.06 bits per heavy atom. The number of hydrogen-bond acceptors (Lipinski definition) is 3. The maximum Gasteiger partial charge on any atom is 0.233 e. The van der Waals surface area contributed by atoms with Crippen molar-refractivity contribution in [2.75, 3.05) is 13.7 Å². The fourth-order valence-electron chi connectivity index (χ4n) is 4.51. The minimum atomic E-state index is -0.0668. The van der Waals surface area contributed by atoms with Gasteiger partial charge in [-0.25, -0.2) is 0 Å². The summed E-state index contributed by atoms with van der Waals surface area (Å²) in [5, 5.41) is 3.11. The molecule has 0 saturated carbocycles. The Morgan fingerprint density at radius 2 is 1.47 bits per heavy atom. The van der Waals surface area contributed by atoms with Crippen LogP contribution in [0, 0.1) is 0 Å². The van der Waals surface area contributed by atoms with E-state index in [4.69, 9.17) is 9.47 Å². The van der Waals surface area contributed by atoms with E-state index in [2.05, 4.69) is 19.2 Å². The molecule has 5 nitrogen and oxygen atoms in total. The second-order valence-electron chi connectivity index (χ2n) is 9.70. The van der Waals surface area contributed by atoms with Crippen LogP contribution in [-0.4, -0.2) is 19.6 Å². The summed E-state index contributed by atoms with van der Waals surface area (Å²) in [5.74, 6) is 1.46. The normalized spacial score (nSPS) is 11.8. The zero-order valence-corrected chi connectivity index (χ0v) is 23.0. The molecule has 2 aromatic rings. The topological polar surface area (TPSA) is 51.4 Å². The van der Waals surface area contributed by atoms with Gasteiger partial charge in [-0.05, 0) is 12.5 Å². The molecule has 2 rings (SSSR count). The van der Waals surface area contributed by atoms with Gasteiger partial charge in [-0.1, -0.05) is 96.6 Å². The molecule has 0 radical (unpaired) electrons. The van der Waals surface area contributed by atoms with Gasteiger partial charge < -0.3 is 9.47 Å². The fraction of sp³-hybridized carbons (Fsp3) is 0.613. The van der Waals surface area contributed by atoms with Gasteiger partial charge in [0, 0.05) is 30.2 Å². The van der Waals surface area contributed by atoms with E-state index in [0.29, 0.717) is 12.4 Å². The highest BCUT2D eigenvalue weighted by Gasteiger charge is 2.19. The van der Waals surface area contributed by atoms with E-state index < -0.39 is 0 Å². The second kappa shape index (κ2) is 18.7. The van der Waals surface area contributed by atoms with Crippen LogP contribution in [0.5, 0.6) is 11.5 Å². The van der Waals surface area contributed by atoms with Gasteiger partial charge in [0.1, 0.15) is 11.5 Å². The average molecular weight is 498 g/mol. The summed E-state index contributed by atoms with van der Waals surface area (Å²) in [6, 6.07) is 11.7. The molecule has 1 unspecified atom stereocenters. The van der Waals surface area contributed by atoms with E-state index in [0.717, 1.165) is 24.2 Å². The van der Waals surface area contributed by atoms with Gasteiger partial charge in [0.2, 0.25) is 12.1 Å². The molecule has 1 amide bonds. The van der Waals surface area contributed by atoms with Crippen molar-refractivity contribution >= 4 is 5.91 Å². The molecule has 0 bridgehead atoms. The highest BCUT2D eigenvalue weighted by atomic mass is 16.5. The SMILES string of the molecule is CCCCCCCCCCCCCCOc1ccc(CC(=O)NC(CC)[n+]2ccccc2)c(OC)c1. The van der Waals surface area contributed by atoms with Crippen LogP contribution in [0.15, 0.2) is 48.8 Å². The number of ether oxygens (including phenoxy) is 2. The summed E-state index contributed by atoms with van der Waals surface area (Å²) in [6.45, 7) is 5.05. The summed E-state index contributed by atoms with van der Waals surface area (Å²) in [7, 11) is 1.64. The number of benzene rings is 1. The Morgan fingerprint density at radius 1 is 0.861 bits per heavy atom. The number of aromatic nitrogens is 1. The van der Waals surface area contributed by atoms with Crippen LogP contribution >= 0.6 is 0 Å². The van der Waals surface area contributed by atoms with Crippen molar-refractivity contribution in [1.82, 2.24) is 5.32 Å². The molecule has 200 valence electrons. The largest absolute Gasteiger partial charge is 0.496 e. The predicted octanol–water partition coefficient (Wildman–Crippen LogP) is 7.33. The van der Waals surface area contributed by atoms with E-state index in [9.17, 15) is 4.79 Å². The molecule has 36 heavy (non-hydrogen) atoms. The summed E-state index contributed by atoms with van der Waals surface area (Å²) in [4.78, 5) is 12.7. The van der Waals surface area contributed by atoms with Crippen molar-refractivity contribution in [2.45, 2.75) is 110 Å². The number of nitrogens with one attached hydrogen (secondary N) is 1. The van der Waals surface area contributed by atoms with Gasteiger partial charge in [0.25, 0.3) is 0 Å². The van der Waals surface area contributed by atoms with Crippen molar-refractivity contribution in [3.05, 3.63) is 54.4 Å². The molecule has 1 heterocycles. The van der Waals surface area contributed by atoms with Crippen molar-refractivity contribution in [3.8, 4) is 11.5 Å². The fourth-order valence-corrected chi connectivity index (χ4v) is 4.51. The first-order valence-corrected chi connectivity index (χ1v) is 14.2. The lowest BCUT2D eigenvalue weighted by atomic mass is 10.1. The van der Waals surface area contributed by atoms with Gasteiger partial charge in [0.05, 0.1) is 20.1 Å². The molecule has 5 heteroatoms. The highest BCUT2D eigenvalue weighted by Crippen LogP contribution is 2.25. The lowest BCUT2D eigenvalue weighted by Gasteiger charge is -2.14. The number of carbonyl (C=O) groups is 1. The number of nitrogens with zero attached hydrogens (tertiary/aromatic N) is 1. The lowest BCUT2D eigenvalue weighted by molar-refractivity contribution is -0.727. The van der Waals surface area contributed by atoms with Crippen LogP contribution in [0.2, 0.25) is 0 Å². The lowest BCUT2D eigenvalue weighted by Crippen LogP contribution is -2.49. The first kappa shape index (κ1) is 29.7. The molecule has 0 fully saturated rings. The minimum Gasteiger partial charge on any atom is -0.496 e. The molecule has 0 aliphatic carbocycles. The van der Waals surface area contributed by atoms with Crippen molar-refractivity contribution in [2.24, 2.45) is 0 Å². The number of methoxy groups -OCH3 is 1. The van der Waals surface area contributed by atoms with Crippen molar-refractivity contribution in [1.29, 1.82) is 0 Å². The van der Waals surface area contributed by atoms with Crippen LogP contribution in [0.25, 0.3) is 0 Å². The highest BCUT2D eigenvalue weighted by molar-refractivity contribution is 5.79. The van der Waals surface area contributed by atoms with Crippen LogP contribution in [0.3, 0.4) is 0 Å². The zero-order valence-electron chi connectivity index (χ0n) is 23.0. The molecule has 1 N–H and O–H groups in total. The van der Waals surface area contributed by atoms with Crippen LogP contribution in [0.4, 0.5) is 0 Å². The molecule has 1 aromatic heterocycles. The van der Waals surface area contributed by atoms with E-state index in [1.165, 1.54) is 70.6 Å². The molecule has 0 aliphatic rings. The standard InChI is InChI=1S/C31H48N2O3/c1-4-6-7-8-9-10-11-12-13-14-15-19-24-36-28-21-20-27(29(26-28)35-3)25-31(34)32-30(5-2)33-22-17-16-18-23-33/h16-18,20-23,26,30H,4-15,19,24-25H2,1-3H3/p+1. The maximum atomic E-state index is 12.7. The first-order chi connectivity index (χ1) is 17.7. The predicted molar refractivity (Wildman–Crippen MR) is 147 cm³/mol. The molecule has 1 atom stereocenters. The van der Waals surface area contributed by atoms with Gasteiger partial charge >= 0.3 is 0 Å². The first-order valence-electron chi connectivity index (χ1n) is 14.2. The zero-order chi connectivity index (χ0) is 25.8. The average Bonchev–Trinajstić information content (AvgIpc) is 2.91. The molecular formula is C31H49N2O3+. The van der Waals surface area contributed by atoms with E-state index >= 15 is 0 Å². The third-order valence-corrected chi connectivity index (χ3v) is 6.69. The van der Waals surface area contributed by atoms with Crippen LogP contribution in [0.1, 0.15) is 109 Å². The smallest absolute Gasteiger partial charge is 0.233 e. The molecular weight excluding hydrogens is 448 g/mol. The Hall–Kier alpha value is -2.56. The van der Waals surface area contributed by atoms with E-state index in [-0.39, 0.29) is 18.5 Å². The number of rotatable bonds is 20. The van der Waals surface area contributed by atoms with E-state index in [1.54, 1.807) is 7.11 Å². The number of hydrogen-bond donors (Lipinski definition) is 1. The summed E-state index contributed by atoms with van der Waals surface area (Å²) < 4.78 is 13.5. The van der Waals surface area contributed by atoms with Crippen LogP contribution < -0.4 is 19.4 Å². The van der Waals surface area contributed by atoms with Gasteiger partial charge in [-0.3, -0.25) is 10.1 Å². The number of carbonyl (C=O) groups excluding carboxylic acids is 1. The summed E-state index contributed by atoms with van der Waals surface area (Å²) in [6.07, 6.45) is 21.0.